The number of ether oxygens (including phenoxy) is 1. The number of hydrogen-bond donors (Lipinski definition) is 1. The number of aromatic nitrogens is 1. The molecule has 0 saturated carbocycles. The van der Waals surface area contributed by atoms with Gasteiger partial charge >= 0.3 is 6.03 Å². The van der Waals surface area contributed by atoms with Crippen LogP contribution in [0, 0.1) is 32.1 Å². The van der Waals surface area contributed by atoms with E-state index in [4.69, 9.17) is 4.74 Å². The highest BCUT2D eigenvalue weighted by atomic mass is 16.5. The number of carbonyl (C=O) groups is 2. The van der Waals surface area contributed by atoms with Gasteiger partial charge in [-0.15, -0.1) is 0 Å². The second-order valence-corrected chi connectivity index (χ2v) is 9.58. The molecule has 1 fully saturated rings. The number of imide groups is 1. The topological polar surface area (TPSA) is 87.4 Å². The first-order valence-electron chi connectivity index (χ1n) is 12.6. The lowest BCUT2D eigenvalue weighted by atomic mass is 10.1. The number of nitriles is 1. The molecule has 2 heterocycles. The SMILES string of the molecule is Cc1ccc(CN2C(=O)N/C(=C/c3cc(C)n(-c4ccc(OCc5ccccc5C#N)cc4)c3C)C2=O)cc1. The number of aryl methyl sites for hydroxylation is 2. The number of amides is 3. The van der Waals surface area contributed by atoms with Gasteiger partial charge in [0.05, 0.1) is 18.2 Å². The second-order valence-electron chi connectivity index (χ2n) is 9.58. The molecule has 0 atom stereocenters. The molecule has 5 rings (SSSR count). The molecule has 0 unspecified atom stereocenters. The Balaban J connectivity index is 1.32. The summed E-state index contributed by atoms with van der Waals surface area (Å²) >= 11 is 0. The van der Waals surface area contributed by atoms with Crippen molar-refractivity contribution >= 4 is 18.0 Å². The number of nitrogens with zero attached hydrogens (tertiary/aromatic N) is 3. The molecular weight excluding hydrogens is 488 g/mol. The van der Waals surface area contributed by atoms with E-state index in [0.29, 0.717) is 17.9 Å². The predicted octanol–water partition coefficient (Wildman–Crippen LogP) is 5.95. The molecule has 1 saturated heterocycles. The van der Waals surface area contributed by atoms with Gasteiger partial charge < -0.3 is 14.6 Å². The van der Waals surface area contributed by atoms with Gasteiger partial charge in [0.2, 0.25) is 0 Å². The molecule has 0 spiro atoms. The fourth-order valence-corrected chi connectivity index (χ4v) is 4.69. The van der Waals surface area contributed by atoms with Crippen molar-refractivity contribution in [2.45, 2.75) is 33.9 Å². The normalized spacial score (nSPS) is 14.0. The van der Waals surface area contributed by atoms with Gasteiger partial charge in [-0.05, 0) is 74.4 Å². The van der Waals surface area contributed by atoms with E-state index in [2.05, 4.69) is 16.0 Å². The lowest BCUT2D eigenvalue weighted by molar-refractivity contribution is -0.123. The quantitative estimate of drug-likeness (QED) is 0.243. The summed E-state index contributed by atoms with van der Waals surface area (Å²) in [4.78, 5) is 26.8. The van der Waals surface area contributed by atoms with E-state index in [1.165, 1.54) is 4.90 Å². The lowest BCUT2D eigenvalue weighted by Gasteiger charge is -2.12. The number of hydrogen-bond acceptors (Lipinski definition) is 4. The highest BCUT2D eigenvalue weighted by Crippen LogP contribution is 2.26. The molecule has 1 aromatic heterocycles. The minimum atomic E-state index is -0.423. The fourth-order valence-electron chi connectivity index (χ4n) is 4.69. The van der Waals surface area contributed by atoms with E-state index < -0.39 is 6.03 Å². The van der Waals surface area contributed by atoms with Crippen LogP contribution < -0.4 is 10.1 Å². The Hall–Kier alpha value is -5.09. The van der Waals surface area contributed by atoms with Gasteiger partial charge in [0.25, 0.3) is 5.91 Å². The third-order valence-electron chi connectivity index (χ3n) is 6.82. The summed E-state index contributed by atoms with van der Waals surface area (Å²) < 4.78 is 8.00. The maximum atomic E-state index is 13.0. The molecule has 0 bridgehead atoms. The minimum Gasteiger partial charge on any atom is -0.489 e. The van der Waals surface area contributed by atoms with Gasteiger partial charge in [-0.25, -0.2) is 4.79 Å². The Morgan fingerprint density at radius 3 is 2.38 bits per heavy atom. The van der Waals surface area contributed by atoms with Gasteiger partial charge in [0.1, 0.15) is 18.1 Å². The molecule has 194 valence electrons. The molecule has 4 aromatic rings. The molecule has 3 aromatic carbocycles. The third kappa shape index (κ3) is 5.32. The molecule has 1 aliphatic rings. The van der Waals surface area contributed by atoms with Gasteiger partial charge in [-0.3, -0.25) is 9.69 Å². The molecule has 1 aliphatic heterocycles. The number of urea groups is 1. The average Bonchev–Trinajstić information content (AvgIpc) is 3.37. The first-order valence-corrected chi connectivity index (χ1v) is 12.6. The molecule has 0 radical (unpaired) electrons. The first-order chi connectivity index (χ1) is 18.8. The highest BCUT2D eigenvalue weighted by molar-refractivity contribution is 6.14. The van der Waals surface area contributed by atoms with Crippen LogP contribution in [-0.4, -0.2) is 21.4 Å². The van der Waals surface area contributed by atoms with E-state index in [1.54, 1.807) is 12.1 Å². The zero-order valence-electron chi connectivity index (χ0n) is 22.1. The van der Waals surface area contributed by atoms with Gasteiger partial charge in [0, 0.05) is 22.6 Å². The summed E-state index contributed by atoms with van der Waals surface area (Å²) in [6, 6.07) is 26.6. The molecule has 39 heavy (non-hydrogen) atoms. The van der Waals surface area contributed by atoms with Crippen LogP contribution in [0.2, 0.25) is 0 Å². The summed E-state index contributed by atoms with van der Waals surface area (Å²) in [5.41, 5.74) is 7.44. The Bertz CT molecular complexity index is 1620. The van der Waals surface area contributed by atoms with Crippen molar-refractivity contribution in [3.63, 3.8) is 0 Å². The van der Waals surface area contributed by atoms with Crippen LogP contribution in [0.3, 0.4) is 0 Å². The highest BCUT2D eigenvalue weighted by Gasteiger charge is 2.33. The number of nitrogens with one attached hydrogen (secondary N) is 1. The fraction of sp³-hybridized carbons (Fsp3) is 0.156. The smallest absolute Gasteiger partial charge is 0.329 e. The summed E-state index contributed by atoms with van der Waals surface area (Å²) in [5, 5.41) is 12.0. The van der Waals surface area contributed by atoms with E-state index in [9.17, 15) is 14.9 Å². The zero-order chi connectivity index (χ0) is 27.5. The maximum absolute atomic E-state index is 13.0. The van der Waals surface area contributed by atoms with E-state index in [1.807, 2.05) is 93.6 Å². The minimum absolute atomic E-state index is 0.220. The summed E-state index contributed by atoms with van der Waals surface area (Å²) in [6.07, 6.45) is 1.73. The molecule has 3 amide bonds. The van der Waals surface area contributed by atoms with Crippen molar-refractivity contribution in [3.8, 4) is 17.5 Å². The van der Waals surface area contributed by atoms with Crippen LogP contribution in [0.5, 0.6) is 5.75 Å². The molecular formula is C32H28N4O3. The van der Waals surface area contributed by atoms with Gasteiger partial charge in [-0.1, -0.05) is 48.0 Å². The standard InChI is InChI=1S/C32H28N4O3/c1-21-8-10-24(11-9-21)19-35-31(37)30(34-32(35)38)17-27-16-22(2)36(23(27)3)28-12-14-29(15-13-28)39-20-26-7-5-4-6-25(26)18-33/h4-17H,19-20H2,1-3H3,(H,34,38)/b30-17+. The van der Waals surface area contributed by atoms with Crippen LogP contribution in [-0.2, 0) is 17.9 Å². The zero-order valence-corrected chi connectivity index (χ0v) is 22.1. The van der Waals surface area contributed by atoms with Crippen molar-refractivity contribution in [1.82, 2.24) is 14.8 Å². The van der Waals surface area contributed by atoms with Crippen molar-refractivity contribution in [2.75, 3.05) is 0 Å². The Kier molecular flexibility index (Phi) is 7.02. The first kappa shape index (κ1) is 25.6. The molecule has 7 nitrogen and oxygen atoms in total. The number of rotatable bonds is 7. The van der Waals surface area contributed by atoms with Crippen LogP contribution in [0.15, 0.2) is 84.6 Å². The average molecular weight is 517 g/mol. The van der Waals surface area contributed by atoms with E-state index >= 15 is 0 Å². The van der Waals surface area contributed by atoms with Crippen LogP contribution in [0.1, 0.15) is 39.2 Å². The largest absolute Gasteiger partial charge is 0.489 e. The number of carbonyl (C=O) groups excluding carboxylic acids is 2. The van der Waals surface area contributed by atoms with Crippen LogP contribution in [0.4, 0.5) is 4.79 Å². The van der Waals surface area contributed by atoms with Crippen molar-refractivity contribution in [1.29, 1.82) is 5.26 Å². The lowest BCUT2D eigenvalue weighted by Crippen LogP contribution is -2.30. The van der Waals surface area contributed by atoms with E-state index in [0.717, 1.165) is 39.3 Å². The number of benzene rings is 3. The van der Waals surface area contributed by atoms with Gasteiger partial charge in [0.15, 0.2) is 0 Å². The maximum Gasteiger partial charge on any atom is 0.329 e. The Morgan fingerprint density at radius 2 is 1.67 bits per heavy atom. The Labute approximate surface area is 227 Å². The van der Waals surface area contributed by atoms with E-state index in [-0.39, 0.29) is 18.1 Å². The monoisotopic (exact) mass is 516 g/mol. The predicted molar refractivity (Wildman–Crippen MR) is 149 cm³/mol. The molecule has 1 N–H and O–H groups in total. The van der Waals surface area contributed by atoms with Gasteiger partial charge in [-0.2, -0.15) is 5.26 Å². The Morgan fingerprint density at radius 1 is 0.949 bits per heavy atom. The van der Waals surface area contributed by atoms with Crippen molar-refractivity contribution < 1.29 is 14.3 Å². The summed E-state index contributed by atoms with van der Waals surface area (Å²) in [5.74, 6) is 0.356. The third-order valence-corrected chi connectivity index (χ3v) is 6.82. The summed E-state index contributed by atoms with van der Waals surface area (Å²) in [7, 11) is 0. The molecule has 0 aliphatic carbocycles. The van der Waals surface area contributed by atoms with Crippen molar-refractivity contribution in [3.05, 3.63) is 124 Å². The van der Waals surface area contributed by atoms with Crippen molar-refractivity contribution in [2.24, 2.45) is 0 Å². The van der Waals surface area contributed by atoms with Crippen LogP contribution >= 0.6 is 0 Å². The van der Waals surface area contributed by atoms with Crippen LogP contribution in [0.25, 0.3) is 11.8 Å². The second kappa shape index (κ2) is 10.7. The molecule has 7 heteroatoms. The summed E-state index contributed by atoms with van der Waals surface area (Å²) in [6.45, 7) is 6.50.